The van der Waals surface area contributed by atoms with Crippen LogP contribution < -0.4 is 10.5 Å². The molecule has 3 rings (SSSR count). The van der Waals surface area contributed by atoms with Crippen molar-refractivity contribution < 1.29 is 9.47 Å². The Morgan fingerprint density at radius 2 is 2.00 bits per heavy atom. The molecule has 1 aromatic carbocycles. The highest BCUT2D eigenvalue weighted by Crippen LogP contribution is 2.35. The zero-order valence-electron chi connectivity index (χ0n) is 15.4. The van der Waals surface area contributed by atoms with Gasteiger partial charge in [-0.05, 0) is 25.0 Å². The maximum atomic E-state index is 6.48. The Kier molecular flexibility index (Phi) is 7.37. The van der Waals surface area contributed by atoms with Crippen LogP contribution in [0.2, 0.25) is 15.1 Å². The van der Waals surface area contributed by atoms with Gasteiger partial charge in [0, 0.05) is 24.9 Å². The molecule has 1 atom stereocenters. The number of methoxy groups -OCH3 is 1. The highest BCUT2D eigenvalue weighted by molar-refractivity contribution is 6.42. The molecular formula is C19H21Cl3N4O2. The topological polar surface area (TPSA) is 75.2 Å². The van der Waals surface area contributed by atoms with Crippen LogP contribution in [0.25, 0.3) is 11.0 Å². The van der Waals surface area contributed by atoms with Gasteiger partial charge in [0.1, 0.15) is 11.3 Å². The number of halogens is 3. The van der Waals surface area contributed by atoms with Gasteiger partial charge in [-0.25, -0.2) is 4.98 Å². The summed E-state index contributed by atoms with van der Waals surface area (Å²) < 4.78 is 12.9. The van der Waals surface area contributed by atoms with Crippen LogP contribution in [-0.4, -0.2) is 40.9 Å². The number of aromatic nitrogens is 3. The van der Waals surface area contributed by atoms with Crippen LogP contribution in [0.5, 0.6) is 5.75 Å². The second-order valence-corrected chi connectivity index (χ2v) is 7.60. The summed E-state index contributed by atoms with van der Waals surface area (Å²) in [6.45, 7) is 1.46. The van der Waals surface area contributed by atoms with Gasteiger partial charge < -0.3 is 19.8 Å². The number of pyridine rings is 1. The van der Waals surface area contributed by atoms with Gasteiger partial charge in [-0.2, -0.15) is 0 Å². The standard InChI is InChI=1S/C19H21Cl3N4O2/c1-27-10-12(23)3-2-6-28-17-5-4-14(20)18(22)13(17)9-26-11-25-16-8-24-7-15(21)19(16)26/h4-5,7-8,11-12H,2-3,6,9-10,23H2,1H3/t12-/m1/s1. The summed E-state index contributed by atoms with van der Waals surface area (Å²) in [6, 6.07) is 3.54. The van der Waals surface area contributed by atoms with Crippen molar-refractivity contribution in [3.63, 3.8) is 0 Å². The van der Waals surface area contributed by atoms with E-state index in [0.717, 1.165) is 23.9 Å². The summed E-state index contributed by atoms with van der Waals surface area (Å²) in [7, 11) is 1.64. The molecule has 6 nitrogen and oxygen atoms in total. The molecule has 0 unspecified atom stereocenters. The van der Waals surface area contributed by atoms with Gasteiger partial charge in [0.2, 0.25) is 0 Å². The monoisotopic (exact) mass is 442 g/mol. The van der Waals surface area contributed by atoms with Crippen molar-refractivity contribution in [2.75, 3.05) is 20.3 Å². The molecule has 0 spiro atoms. The SMILES string of the molecule is COC[C@H](N)CCCOc1ccc(Cl)c(Cl)c1Cn1cnc2cncc(Cl)c21. The minimum absolute atomic E-state index is 0.00468. The molecule has 0 aliphatic heterocycles. The third-order valence-electron chi connectivity index (χ3n) is 4.32. The average molecular weight is 444 g/mol. The second-order valence-electron chi connectivity index (χ2n) is 6.41. The molecule has 3 aromatic rings. The van der Waals surface area contributed by atoms with Crippen LogP contribution in [0.4, 0.5) is 0 Å². The molecule has 0 saturated heterocycles. The van der Waals surface area contributed by atoms with Crippen molar-refractivity contribution >= 4 is 45.8 Å². The zero-order valence-corrected chi connectivity index (χ0v) is 17.6. The van der Waals surface area contributed by atoms with E-state index in [1.807, 2.05) is 10.6 Å². The molecule has 0 aliphatic rings. The highest BCUT2D eigenvalue weighted by atomic mass is 35.5. The summed E-state index contributed by atoms with van der Waals surface area (Å²) in [4.78, 5) is 8.40. The molecule has 0 saturated carbocycles. The Labute approximate surface area is 178 Å². The third-order valence-corrected chi connectivity index (χ3v) is 5.44. The molecule has 0 radical (unpaired) electrons. The van der Waals surface area contributed by atoms with E-state index in [9.17, 15) is 0 Å². The van der Waals surface area contributed by atoms with Crippen LogP contribution in [0, 0.1) is 0 Å². The van der Waals surface area contributed by atoms with E-state index in [1.165, 1.54) is 0 Å². The van der Waals surface area contributed by atoms with Crippen LogP contribution in [0.3, 0.4) is 0 Å². The number of nitrogens with zero attached hydrogens (tertiary/aromatic N) is 3. The Morgan fingerprint density at radius 3 is 2.79 bits per heavy atom. The van der Waals surface area contributed by atoms with E-state index in [2.05, 4.69) is 9.97 Å². The first kappa shape index (κ1) is 21.1. The number of imidazole rings is 1. The number of rotatable bonds is 9. The molecule has 0 fully saturated rings. The molecule has 0 aliphatic carbocycles. The minimum atomic E-state index is -0.00468. The number of ether oxygens (including phenoxy) is 2. The van der Waals surface area contributed by atoms with Crippen molar-refractivity contribution in [2.45, 2.75) is 25.4 Å². The smallest absolute Gasteiger partial charge is 0.125 e. The van der Waals surface area contributed by atoms with E-state index >= 15 is 0 Å². The third kappa shape index (κ3) is 4.88. The summed E-state index contributed by atoms with van der Waals surface area (Å²) in [5.74, 6) is 0.668. The second kappa shape index (κ2) is 9.76. The number of benzene rings is 1. The fourth-order valence-corrected chi connectivity index (χ4v) is 3.61. The molecule has 9 heteroatoms. The van der Waals surface area contributed by atoms with Gasteiger partial charge >= 0.3 is 0 Å². The van der Waals surface area contributed by atoms with Crippen molar-refractivity contribution in [1.29, 1.82) is 0 Å². The lowest BCUT2D eigenvalue weighted by Crippen LogP contribution is -2.26. The molecular weight excluding hydrogens is 423 g/mol. The van der Waals surface area contributed by atoms with E-state index in [4.69, 9.17) is 50.0 Å². The van der Waals surface area contributed by atoms with Gasteiger partial charge in [-0.15, -0.1) is 0 Å². The number of hydrogen-bond acceptors (Lipinski definition) is 5. The van der Waals surface area contributed by atoms with Gasteiger partial charge in [0.05, 0.1) is 52.9 Å². The summed E-state index contributed by atoms with van der Waals surface area (Å²) in [5, 5.41) is 1.42. The Hall–Kier alpha value is -1.57. The first-order valence-corrected chi connectivity index (χ1v) is 9.93. The lowest BCUT2D eigenvalue weighted by atomic mass is 10.1. The van der Waals surface area contributed by atoms with Gasteiger partial charge in [-0.3, -0.25) is 4.98 Å². The van der Waals surface area contributed by atoms with E-state index in [-0.39, 0.29) is 6.04 Å². The predicted molar refractivity (Wildman–Crippen MR) is 113 cm³/mol. The Balaban J connectivity index is 1.79. The van der Waals surface area contributed by atoms with Gasteiger partial charge in [0.25, 0.3) is 0 Å². The summed E-state index contributed by atoms with van der Waals surface area (Å²) >= 11 is 19.0. The van der Waals surface area contributed by atoms with Crippen LogP contribution in [0.1, 0.15) is 18.4 Å². The van der Waals surface area contributed by atoms with Crippen molar-refractivity contribution in [3.05, 3.63) is 51.5 Å². The first-order chi connectivity index (χ1) is 13.5. The van der Waals surface area contributed by atoms with Crippen molar-refractivity contribution in [2.24, 2.45) is 5.73 Å². The molecule has 0 amide bonds. The molecule has 2 heterocycles. The van der Waals surface area contributed by atoms with Gasteiger partial charge in [0.15, 0.2) is 0 Å². The fraction of sp³-hybridized carbons (Fsp3) is 0.368. The molecule has 150 valence electrons. The van der Waals surface area contributed by atoms with Crippen LogP contribution in [-0.2, 0) is 11.3 Å². The number of hydrogen-bond donors (Lipinski definition) is 1. The maximum absolute atomic E-state index is 6.48. The lowest BCUT2D eigenvalue weighted by molar-refractivity contribution is 0.172. The normalized spacial score (nSPS) is 12.5. The van der Waals surface area contributed by atoms with Gasteiger partial charge in [-0.1, -0.05) is 34.8 Å². The molecule has 2 N–H and O–H groups in total. The minimum Gasteiger partial charge on any atom is -0.493 e. The van der Waals surface area contributed by atoms with E-state index in [0.29, 0.717) is 46.1 Å². The fourth-order valence-electron chi connectivity index (χ4n) is 2.96. The average Bonchev–Trinajstić information content (AvgIpc) is 3.08. The maximum Gasteiger partial charge on any atom is 0.125 e. The lowest BCUT2D eigenvalue weighted by Gasteiger charge is -2.16. The molecule has 28 heavy (non-hydrogen) atoms. The number of nitrogens with two attached hydrogens (primary N) is 1. The summed E-state index contributed by atoms with van der Waals surface area (Å²) in [5.41, 5.74) is 8.20. The van der Waals surface area contributed by atoms with Crippen LogP contribution >= 0.6 is 34.8 Å². The predicted octanol–water partition coefficient (Wildman–Crippen LogP) is 4.57. The van der Waals surface area contributed by atoms with E-state index < -0.39 is 0 Å². The van der Waals surface area contributed by atoms with Crippen LogP contribution in [0.15, 0.2) is 30.9 Å². The Morgan fingerprint density at radius 1 is 1.18 bits per heavy atom. The Bertz CT molecular complexity index is 948. The molecule has 0 bridgehead atoms. The number of fused-ring (bicyclic) bond motifs is 1. The largest absolute Gasteiger partial charge is 0.493 e. The highest BCUT2D eigenvalue weighted by Gasteiger charge is 2.16. The quantitative estimate of drug-likeness (QED) is 0.490. The summed E-state index contributed by atoms with van der Waals surface area (Å²) in [6.07, 6.45) is 6.55. The van der Waals surface area contributed by atoms with Crippen molar-refractivity contribution in [3.8, 4) is 5.75 Å². The zero-order chi connectivity index (χ0) is 20.1. The molecule has 2 aromatic heterocycles. The van der Waals surface area contributed by atoms with Crippen molar-refractivity contribution in [1.82, 2.24) is 14.5 Å². The first-order valence-electron chi connectivity index (χ1n) is 8.79. The van der Waals surface area contributed by atoms with E-state index in [1.54, 1.807) is 31.9 Å².